The van der Waals surface area contributed by atoms with Gasteiger partial charge >= 0.3 is 5.97 Å². The van der Waals surface area contributed by atoms with Gasteiger partial charge in [-0.05, 0) is 28.1 Å². The highest BCUT2D eigenvalue weighted by atomic mass is 79.9. The molecule has 20 heavy (non-hydrogen) atoms. The molecule has 1 aromatic heterocycles. The van der Waals surface area contributed by atoms with Gasteiger partial charge in [0, 0.05) is 29.8 Å². The molecule has 0 bridgehead atoms. The van der Waals surface area contributed by atoms with Crippen LogP contribution in [0.2, 0.25) is 0 Å². The van der Waals surface area contributed by atoms with E-state index in [9.17, 15) is 13.2 Å². The Morgan fingerprint density at radius 3 is 2.85 bits per heavy atom. The Morgan fingerprint density at radius 2 is 2.25 bits per heavy atom. The van der Waals surface area contributed by atoms with Crippen LogP contribution in [0.25, 0.3) is 0 Å². The summed E-state index contributed by atoms with van der Waals surface area (Å²) < 4.78 is 24.2. The molecule has 1 unspecified atom stereocenters. The van der Waals surface area contributed by atoms with Crippen LogP contribution in [0.4, 0.5) is 0 Å². The predicted molar refractivity (Wildman–Crippen MR) is 77.0 cm³/mol. The zero-order chi connectivity index (χ0) is 14.8. The maximum absolute atomic E-state index is 11.6. The first-order chi connectivity index (χ1) is 9.35. The Balaban J connectivity index is 2.11. The van der Waals surface area contributed by atoms with Crippen molar-refractivity contribution < 1.29 is 18.3 Å². The van der Waals surface area contributed by atoms with E-state index in [1.54, 1.807) is 6.20 Å². The summed E-state index contributed by atoms with van der Waals surface area (Å²) in [5, 5.41) is 8.91. The van der Waals surface area contributed by atoms with Crippen molar-refractivity contribution in [3.8, 4) is 0 Å². The molecule has 1 aliphatic heterocycles. The number of hydrogen-bond donors (Lipinski definition) is 1. The summed E-state index contributed by atoms with van der Waals surface area (Å²) in [5.74, 6) is -1.02. The Kier molecular flexibility index (Phi) is 4.77. The lowest BCUT2D eigenvalue weighted by Crippen LogP contribution is -2.48. The SMILES string of the molecule is O=C(O)CC1CS(=O)(=O)CCN1Cc1ccc(Br)cn1. The molecule has 1 fully saturated rings. The molecule has 1 aromatic rings. The Hall–Kier alpha value is -0.990. The largest absolute Gasteiger partial charge is 0.481 e. The van der Waals surface area contributed by atoms with E-state index in [4.69, 9.17) is 5.11 Å². The molecule has 2 rings (SSSR count). The van der Waals surface area contributed by atoms with Gasteiger partial charge in [0.25, 0.3) is 0 Å². The van der Waals surface area contributed by atoms with Crippen molar-refractivity contribution in [1.29, 1.82) is 0 Å². The summed E-state index contributed by atoms with van der Waals surface area (Å²) in [4.78, 5) is 17.0. The first-order valence-electron chi connectivity index (χ1n) is 6.12. The molecule has 1 saturated heterocycles. The fourth-order valence-electron chi connectivity index (χ4n) is 2.23. The molecule has 0 spiro atoms. The number of pyridine rings is 1. The maximum Gasteiger partial charge on any atom is 0.304 e. The van der Waals surface area contributed by atoms with Gasteiger partial charge in [-0.15, -0.1) is 0 Å². The van der Waals surface area contributed by atoms with Gasteiger partial charge < -0.3 is 5.11 Å². The lowest BCUT2D eigenvalue weighted by molar-refractivity contribution is -0.138. The van der Waals surface area contributed by atoms with Crippen LogP contribution in [0.15, 0.2) is 22.8 Å². The zero-order valence-electron chi connectivity index (χ0n) is 10.7. The van der Waals surface area contributed by atoms with Crippen LogP contribution < -0.4 is 0 Å². The van der Waals surface area contributed by atoms with Crippen molar-refractivity contribution in [3.05, 3.63) is 28.5 Å². The molecule has 0 aromatic carbocycles. The van der Waals surface area contributed by atoms with Gasteiger partial charge in [0.2, 0.25) is 0 Å². The van der Waals surface area contributed by atoms with Crippen molar-refractivity contribution in [2.24, 2.45) is 0 Å². The monoisotopic (exact) mass is 362 g/mol. The molecule has 0 aliphatic carbocycles. The number of sulfone groups is 1. The smallest absolute Gasteiger partial charge is 0.304 e. The number of nitrogens with zero attached hydrogens (tertiary/aromatic N) is 2. The summed E-state index contributed by atoms with van der Waals surface area (Å²) in [6.45, 7) is 0.804. The van der Waals surface area contributed by atoms with E-state index in [0.29, 0.717) is 13.1 Å². The number of aromatic nitrogens is 1. The van der Waals surface area contributed by atoms with Gasteiger partial charge in [0.15, 0.2) is 9.84 Å². The van der Waals surface area contributed by atoms with Gasteiger partial charge in [-0.25, -0.2) is 8.42 Å². The van der Waals surface area contributed by atoms with E-state index in [-0.39, 0.29) is 17.9 Å². The average molecular weight is 363 g/mol. The van der Waals surface area contributed by atoms with Gasteiger partial charge in [0.1, 0.15) is 0 Å². The maximum atomic E-state index is 11.6. The third-order valence-corrected chi connectivity index (χ3v) is 5.38. The first-order valence-corrected chi connectivity index (χ1v) is 8.74. The summed E-state index contributed by atoms with van der Waals surface area (Å²) in [5.41, 5.74) is 0.794. The highest BCUT2D eigenvalue weighted by Gasteiger charge is 2.32. The van der Waals surface area contributed by atoms with Crippen LogP contribution in [-0.4, -0.2) is 53.5 Å². The van der Waals surface area contributed by atoms with E-state index in [1.807, 2.05) is 17.0 Å². The van der Waals surface area contributed by atoms with Crippen LogP contribution in [-0.2, 0) is 21.2 Å². The van der Waals surface area contributed by atoms with Crippen molar-refractivity contribution in [1.82, 2.24) is 9.88 Å². The van der Waals surface area contributed by atoms with Crippen molar-refractivity contribution in [3.63, 3.8) is 0 Å². The second-order valence-electron chi connectivity index (χ2n) is 4.80. The standard InChI is InChI=1S/C12H15BrN2O4S/c13-9-1-2-10(14-6-9)7-15-3-4-20(18,19)8-11(15)5-12(16)17/h1-2,6,11H,3-5,7-8H2,(H,16,17). The molecule has 0 amide bonds. The Morgan fingerprint density at radius 1 is 1.50 bits per heavy atom. The van der Waals surface area contributed by atoms with Gasteiger partial charge in [0.05, 0.1) is 23.6 Å². The number of halogens is 1. The third-order valence-electron chi connectivity index (χ3n) is 3.22. The molecule has 0 radical (unpaired) electrons. The predicted octanol–water partition coefficient (Wildman–Crippen LogP) is 0.918. The minimum atomic E-state index is -3.14. The quantitative estimate of drug-likeness (QED) is 0.856. The van der Waals surface area contributed by atoms with Crippen molar-refractivity contribution in [2.75, 3.05) is 18.1 Å². The number of carboxylic acids is 1. The second-order valence-corrected chi connectivity index (χ2v) is 7.95. The topological polar surface area (TPSA) is 87.6 Å². The second kappa shape index (κ2) is 6.19. The minimum Gasteiger partial charge on any atom is -0.481 e. The van der Waals surface area contributed by atoms with E-state index in [2.05, 4.69) is 20.9 Å². The zero-order valence-corrected chi connectivity index (χ0v) is 13.1. The van der Waals surface area contributed by atoms with E-state index in [0.717, 1.165) is 10.2 Å². The number of aliphatic carboxylic acids is 1. The molecule has 6 nitrogen and oxygen atoms in total. The highest BCUT2D eigenvalue weighted by Crippen LogP contribution is 2.18. The van der Waals surface area contributed by atoms with Crippen LogP contribution in [0.3, 0.4) is 0 Å². The average Bonchev–Trinajstić information content (AvgIpc) is 2.34. The molecule has 1 N–H and O–H groups in total. The Labute approximate surface area is 125 Å². The number of carbonyl (C=O) groups is 1. The Bertz CT molecular complexity index is 588. The molecular weight excluding hydrogens is 348 g/mol. The van der Waals surface area contributed by atoms with Gasteiger partial charge in [-0.1, -0.05) is 0 Å². The fraction of sp³-hybridized carbons (Fsp3) is 0.500. The molecule has 1 aliphatic rings. The molecule has 0 saturated carbocycles. The van der Waals surface area contributed by atoms with E-state index < -0.39 is 21.8 Å². The summed E-state index contributed by atoms with van der Waals surface area (Å²) in [6, 6.07) is 3.21. The number of hydrogen-bond acceptors (Lipinski definition) is 5. The first kappa shape index (κ1) is 15.4. The molecule has 2 heterocycles. The number of rotatable bonds is 4. The normalized spacial score (nSPS) is 22.6. The lowest BCUT2D eigenvalue weighted by Gasteiger charge is -2.34. The van der Waals surface area contributed by atoms with Crippen LogP contribution in [0.5, 0.6) is 0 Å². The third kappa shape index (κ3) is 4.26. The minimum absolute atomic E-state index is 0.0691. The van der Waals surface area contributed by atoms with E-state index in [1.165, 1.54) is 0 Å². The van der Waals surface area contributed by atoms with Crippen molar-refractivity contribution in [2.45, 2.75) is 19.0 Å². The van der Waals surface area contributed by atoms with Crippen LogP contribution in [0.1, 0.15) is 12.1 Å². The van der Waals surface area contributed by atoms with Crippen LogP contribution >= 0.6 is 15.9 Å². The number of carboxylic acid groups (broad SMARTS) is 1. The van der Waals surface area contributed by atoms with Gasteiger partial charge in [-0.2, -0.15) is 0 Å². The lowest BCUT2D eigenvalue weighted by atomic mass is 10.2. The molecule has 110 valence electrons. The summed E-state index contributed by atoms with van der Waals surface area (Å²) in [7, 11) is -3.14. The van der Waals surface area contributed by atoms with Crippen molar-refractivity contribution >= 4 is 31.7 Å². The summed E-state index contributed by atoms with van der Waals surface area (Å²) >= 11 is 3.30. The van der Waals surface area contributed by atoms with Gasteiger partial charge in [-0.3, -0.25) is 14.7 Å². The highest BCUT2D eigenvalue weighted by molar-refractivity contribution is 9.10. The summed E-state index contributed by atoms with van der Waals surface area (Å²) in [6.07, 6.45) is 1.50. The molecular formula is C12H15BrN2O4S. The molecule has 8 heteroatoms. The van der Waals surface area contributed by atoms with Crippen LogP contribution in [0, 0.1) is 0 Å². The van der Waals surface area contributed by atoms with E-state index >= 15 is 0 Å². The molecule has 1 atom stereocenters. The fourth-order valence-corrected chi connectivity index (χ4v) is 4.06.